The lowest BCUT2D eigenvalue weighted by molar-refractivity contribution is 0.414. The summed E-state index contributed by atoms with van der Waals surface area (Å²) in [6.07, 6.45) is 3.45. The summed E-state index contributed by atoms with van der Waals surface area (Å²) in [5.41, 5.74) is 0.919. The van der Waals surface area contributed by atoms with Crippen molar-refractivity contribution in [1.29, 1.82) is 0 Å². The monoisotopic (exact) mass is 286 g/mol. The second-order valence-corrected chi connectivity index (χ2v) is 4.21. The summed E-state index contributed by atoms with van der Waals surface area (Å²) in [5.74, 6) is 0.719. The Hall–Kier alpha value is -1.000. The smallest absolute Gasteiger partial charge is 0.157 e. The van der Waals surface area contributed by atoms with Gasteiger partial charge in [0.05, 0.1) is 25.2 Å². The molecule has 0 aliphatic rings. The van der Waals surface area contributed by atoms with Crippen molar-refractivity contribution in [3.8, 4) is 11.4 Å². The first-order chi connectivity index (χ1) is 7.20. The van der Waals surface area contributed by atoms with Crippen LogP contribution in [0.3, 0.4) is 0 Å². The molecular weight excluding hydrogens is 279 g/mol. The van der Waals surface area contributed by atoms with Crippen LogP contribution in [0.15, 0.2) is 35.1 Å². The van der Waals surface area contributed by atoms with E-state index in [0.29, 0.717) is 5.02 Å². The third kappa shape index (κ3) is 2.16. The van der Waals surface area contributed by atoms with E-state index in [-0.39, 0.29) is 0 Å². The molecule has 3 nitrogen and oxygen atoms in total. The van der Waals surface area contributed by atoms with Crippen LogP contribution >= 0.6 is 27.5 Å². The van der Waals surface area contributed by atoms with Gasteiger partial charge in [-0.2, -0.15) is 5.10 Å². The summed E-state index contributed by atoms with van der Waals surface area (Å²) in [5, 5.41) is 4.85. The topological polar surface area (TPSA) is 27.1 Å². The predicted molar refractivity (Wildman–Crippen MR) is 62.8 cm³/mol. The maximum atomic E-state index is 5.85. The molecule has 0 saturated carbocycles. The van der Waals surface area contributed by atoms with Gasteiger partial charge in [-0.05, 0) is 34.1 Å². The van der Waals surface area contributed by atoms with Gasteiger partial charge >= 0.3 is 0 Å². The number of hydrogen-bond donors (Lipinski definition) is 0. The number of aromatic nitrogens is 2. The summed E-state index contributed by atoms with van der Waals surface area (Å²) in [6.45, 7) is 0. The van der Waals surface area contributed by atoms with Crippen molar-refractivity contribution in [1.82, 2.24) is 9.78 Å². The molecule has 78 valence electrons. The summed E-state index contributed by atoms with van der Waals surface area (Å²) in [4.78, 5) is 0. The van der Waals surface area contributed by atoms with E-state index in [4.69, 9.17) is 16.3 Å². The minimum absolute atomic E-state index is 0.685. The van der Waals surface area contributed by atoms with Gasteiger partial charge in [0, 0.05) is 9.50 Å². The zero-order valence-electron chi connectivity index (χ0n) is 7.95. The number of halogens is 2. The predicted octanol–water partition coefficient (Wildman–Crippen LogP) is 3.30. The van der Waals surface area contributed by atoms with Crippen LogP contribution in [0.5, 0.6) is 5.75 Å². The Morgan fingerprint density at radius 2 is 2.27 bits per heavy atom. The Bertz CT molecular complexity index is 484. The van der Waals surface area contributed by atoms with Gasteiger partial charge in [-0.1, -0.05) is 11.6 Å². The van der Waals surface area contributed by atoms with Crippen LogP contribution in [0.25, 0.3) is 5.69 Å². The maximum Gasteiger partial charge on any atom is 0.157 e. The molecular formula is C10H8BrClN2O. The SMILES string of the molecule is COc1cnn(-c2ccc(Cl)cc2Br)c1. The summed E-state index contributed by atoms with van der Waals surface area (Å²) >= 11 is 9.28. The Kier molecular flexibility index (Phi) is 2.98. The standard InChI is InChI=1S/C10H8BrClN2O/c1-15-8-5-13-14(6-8)10-3-2-7(12)4-9(10)11/h2-6H,1H3. The van der Waals surface area contributed by atoms with Gasteiger partial charge in [0.25, 0.3) is 0 Å². The van der Waals surface area contributed by atoms with Crippen molar-refractivity contribution >= 4 is 27.5 Å². The molecule has 0 fully saturated rings. The largest absolute Gasteiger partial charge is 0.493 e. The summed E-state index contributed by atoms with van der Waals surface area (Å²) in [7, 11) is 1.61. The second-order valence-electron chi connectivity index (χ2n) is 2.92. The zero-order valence-corrected chi connectivity index (χ0v) is 10.3. The average Bonchev–Trinajstić information content (AvgIpc) is 2.66. The van der Waals surface area contributed by atoms with Crippen LogP contribution in [0.4, 0.5) is 0 Å². The molecule has 0 N–H and O–H groups in total. The van der Waals surface area contributed by atoms with Gasteiger partial charge in [-0.15, -0.1) is 0 Å². The highest BCUT2D eigenvalue weighted by atomic mass is 79.9. The molecule has 1 heterocycles. The van der Waals surface area contributed by atoms with Crippen molar-refractivity contribution in [2.24, 2.45) is 0 Å². The van der Waals surface area contributed by atoms with Crippen molar-refractivity contribution in [3.63, 3.8) is 0 Å². The third-order valence-corrected chi connectivity index (χ3v) is 2.82. The number of methoxy groups -OCH3 is 1. The first kappa shape index (κ1) is 10.5. The molecule has 0 spiro atoms. The zero-order chi connectivity index (χ0) is 10.8. The van der Waals surface area contributed by atoms with Gasteiger partial charge in [0.15, 0.2) is 5.75 Å². The number of nitrogens with zero attached hydrogens (tertiary/aromatic N) is 2. The fourth-order valence-corrected chi connectivity index (χ4v) is 2.07. The van der Waals surface area contributed by atoms with E-state index >= 15 is 0 Å². The van der Waals surface area contributed by atoms with Gasteiger partial charge < -0.3 is 4.74 Å². The van der Waals surface area contributed by atoms with Crippen molar-refractivity contribution in [3.05, 3.63) is 40.1 Å². The van der Waals surface area contributed by atoms with Crippen molar-refractivity contribution in [2.75, 3.05) is 7.11 Å². The van der Waals surface area contributed by atoms with Crippen LogP contribution in [0, 0.1) is 0 Å². The molecule has 0 unspecified atom stereocenters. The Morgan fingerprint density at radius 1 is 1.47 bits per heavy atom. The van der Waals surface area contributed by atoms with E-state index in [2.05, 4.69) is 21.0 Å². The Balaban J connectivity index is 2.44. The minimum Gasteiger partial charge on any atom is -0.493 e. The van der Waals surface area contributed by atoms with Crippen molar-refractivity contribution in [2.45, 2.75) is 0 Å². The lowest BCUT2D eigenvalue weighted by atomic mass is 10.3. The van der Waals surface area contributed by atoms with Gasteiger partial charge in [0.1, 0.15) is 0 Å². The maximum absolute atomic E-state index is 5.85. The summed E-state index contributed by atoms with van der Waals surface area (Å²) in [6, 6.07) is 5.53. The molecule has 0 radical (unpaired) electrons. The Labute approximate surface area is 101 Å². The minimum atomic E-state index is 0.685. The average molecular weight is 288 g/mol. The lowest BCUT2D eigenvalue weighted by Gasteiger charge is -2.04. The molecule has 0 bridgehead atoms. The first-order valence-corrected chi connectivity index (χ1v) is 5.42. The molecule has 15 heavy (non-hydrogen) atoms. The number of ether oxygens (including phenoxy) is 1. The molecule has 2 rings (SSSR count). The highest BCUT2D eigenvalue weighted by molar-refractivity contribution is 9.10. The number of rotatable bonds is 2. The van der Waals surface area contributed by atoms with E-state index < -0.39 is 0 Å². The third-order valence-electron chi connectivity index (χ3n) is 1.95. The Morgan fingerprint density at radius 3 is 2.87 bits per heavy atom. The van der Waals surface area contributed by atoms with E-state index in [1.165, 1.54) is 0 Å². The quantitative estimate of drug-likeness (QED) is 0.847. The van der Waals surface area contributed by atoms with Crippen LogP contribution < -0.4 is 4.74 Å². The fourth-order valence-electron chi connectivity index (χ4n) is 1.21. The highest BCUT2D eigenvalue weighted by Gasteiger charge is 2.05. The van der Waals surface area contributed by atoms with Gasteiger partial charge in [-0.3, -0.25) is 0 Å². The lowest BCUT2D eigenvalue weighted by Crippen LogP contribution is -1.94. The van der Waals surface area contributed by atoms with E-state index in [0.717, 1.165) is 15.9 Å². The number of hydrogen-bond acceptors (Lipinski definition) is 2. The van der Waals surface area contributed by atoms with Crippen LogP contribution in [0.2, 0.25) is 5.02 Å². The molecule has 0 aliphatic heterocycles. The molecule has 5 heteroatoms. The molecule has 0 saturated heterocycles. The first-order valence-electron chi connectivity index (χ1n) is 4.25. The van der Waals surface area contributed by atoms with Crippen LogP contribution in [-0.2, 0) is 0 Å². The van der Waals surface area contributed by atoms with E-state index in [9.17, 15) is 0 Å². The molecule has 2 aromatic rings. The summed E-state index contributed by atoms with van der Waals surface area (Å²) < 4.78 is 7.67. The van der Waals surface area contributed by atoms with Crippen LogP contribution in [0.1, 0.15) is 0 Å². The molecule has 0 aliphatic carbocycles. The van der Waals surface area contributed by atoms with Gasteiger partial charge in [0.2, 0.25) is 0 Å². The fraction of sp³-hybridized carbons (Fsp3) is 0.100. The molecule has 0 amide bonds. The van der Waals surface area contributed by atoms with E-state index in [1.54, 1.807) is 24.2 Å². The van der Waals surface area contributed by atoms with Crippen molar-refractivity contribution < 1.29 is 4.74 Å². The second kappa shape index (κ2) is 4.24. The van der Waals surface area contributed by atoms with E-state index in [1.807, 2.05) is 18.2 Å². The van der Waals surface area contributed by atoms with Crippen LogP contribution in [-0.4, -0.2) is 16.9 Å². The van der Waals surface area contributed by atoms with Gasteiger partial charge in [-0.25, -0.2) is 4.68 Å². The normalized spacial score (nSPS) is 10.3. The molecule has 1 aromatic carbocycles. The molecule has 0 atom stereocenters. The number of benzene rings is 1. The highest BCUT2D eigenvalue weighted by Crippen LogP contribution is 2.25. The molecule has 1 aromatic heterocycles.